The monoisotopic (exact) mass is 391 g/mol. The van der Waals surface area contributed by atoms with Gasteiger partial charge >= 0.3 is 0 Å². The van der Waals surface area contributed by atoms with Crippen LogP contribution in [0.15, 0.2) is 24.3 Å². The predicted molar refractivity (Wildman–Crippen MR) is 109 cm³/mol. The number of nitrogens with two attached hydrogens (primary N) is 1. The highest BCUT2D eigenvalue weighted by Gasteiger charge is 2.32. The van der Waals surface area contributed by atoms with Gasteiger partial charge in [0, 0.05) is 30.7 Å². The minimum absolute atomic E-state index is 0.241. The van der Waals surface area contributed by atoms with Gasteiger partial charge in [-0.05, 0) is 68.4 Å². The van der Waals surface area contributed by atoms with Crippen molar-refractivity contribution in [1.82, 2.24) is 10.2 Å². The van der Waals surface area contributed by atoms with Gasteiger partial charge in [0.05, 0.1) is 0 Å². The molecule has 2 aliphatic rings. The molecule has 1 aliphatic heterocycles. The normalized spacial score (nSPS) is 26.3. The van der Waals surface area contributed by atoms with Crippen LogP contribution in [0.4, 0.5) is 0 Å². The largest absolute Gasteiger partial charge is 0.366 e. The Hall–Kier alpha value is -1.54. The Kier molecular flexibility index (Phi) is 6.47. The van der Waals surface area contributed by atoms with Crippen LogP contribution >= 0.6 is 0 Å². The number of nitrogens with one attached hydrogen (secondary N) is 1. The van der Waals surface area contributed by atoms with Crippen molar-refractivity contribution >= 4 is 22.6 Å². The molecule has 0 radical (unpaired) electrons. The molecule has 7 heteroatoms. The average molecular weight is 392 g/mol. The lowest BCUT2D eigenvalue weighted by Gasteiger charge is -2.39. The topological polar surface area (TPSA) is 95.7 Å². The lowest BCUT2D eigenvalue weighted by Crippen LogP contribution is -2.55. The molecule has 148 valence electrons. The molecule has 0 saturated carbocycles. The number of amides is 1. The van der Waals surface area contributed by atoms with Gasteiger partial charge in [0.2, 0.25) is 5.91 Å². The number of hydrogen-bond donors (Lipinski definition) is 3. The van der Waals surface area contributed by atoms with Crippen LogP contribution < -0.4 is 11.1 Å². The Morgan fingerprint density at radius 2 is 2.00 bits per heavy atom. The third-order valence-corrected chi connectivity index (χ3v) is 6.29. The van der Waals surface area contributed by atoms with E-state index in [4.69, 9.17) is 5.73 Å². The average Bonchev–Trinajstić information content (AvgIpc) is 2.61. The number of primary amides is 1. The van der Waals surface area contributed by atoms with Crippen LogP contribution in [0.25, 0.3) is 5.57 Å². The summed E-state index contributed by atoms with van der Waals surface area (Å²) in [6.07, 6.45) is 6.28. The summed E-state index contributed by atoms with van der Waals surface area (Å²) in [6.45, 7) is 5.54. The number of benzene rings is 1. The molecule has 1 heterocycles. The lowest BCUT2D eigenvalue weighted by atomic mass is 9.89. The van der Waals surface area contributed by atoms with Crippen molar-refractivity contribution in [3.8, 4) is 0 Å². The van der Waals surface area contributed by atoms with Crippen LogP contribution in [-0.2, 0) is 11.1 Å². The van der Waals surface area contributed by atoms with Gasteiger partial charge in [-0.1, -0.05) is 12.1 Å². The number of carbonyl (C=O) groups is 1. The van der Waals surface area contributed by atoms with E-state index in [9.17, 15) is 13.6 Å². The molecule has 6 nitrogen and oxygen atoms in total. The highest BCUT2D eigenvalue weighted by molar-refractivity contribution is 7.79. The number of piperazine rings is 1. The molecule has 0 spiro atoms. The Morgan fingerprint density at radius 3 is 2.56 bits per heavy atom. The third kappa shape index (κ3) is 4.66. The van der Waals surface area contributed by atoms with Crippen molar-refractivity contribution in [3.63, 3.8) is 0 Å². The van der Waals surface area contributed by atoms with Gasteiger partial charge in [0.25, 0.3) is 0 Å². The van der Waals surface area contributed by atoms with Crippen LogP contribution in [0.2, 0.25) is 0 Å². The van der Waals surface area contributed by atoms with Gasteiger partial charge in [-0.25, -0.2) is 4.21 Å². The number of hydrogen-bond acceptors (Lipinski definition) is 4. The fourth-order valence-corrected chi connectivity index (χ4v) is 5.10. The standard InChI is InChI=1S/C20H29N3O3S/c1-13-11-23(12-14(2)22-13)20(27(25)26)16-8-9-17(19(21)24)18(10-16)15-6-4-3-5-7-15/h6,8-10,13-14,20,22H,3-5,7,11-12H2,1-2H3,(H2,21,24)(H,25,26). The molecular formula is C20H29N3O3S. The van der Waals surface area contributed by atoms with Gasteiger partial charge in [-0.3, -0.25) is 9.69 Å². The van der Waals surface area contributed by atoms with Gasteiger partial charge in [-0.2, -0.15) is 0 Å². The number of nitrogens with zero attached hydrogens (tertiary/aromatic N) is 1. The Morgan fingerprint density at radius 1 is 1.30 bits per heavy atom. The summed E-state index contributed by atoms with van der Waals surface area (Å²) in [6, 6.07) is 5.85. The Balaban J connectivity index is 2.01. The predicted octanol–water partition coefficient (Wildman–Crippen LogP) is 2.65. The van der Waals surface area contributed by atoms with E-state index in [1.54, 1.807) is 12.1 Å². The van der Waals surface area contributed by atoms with E-state index < -0.39 is 22.4 Å². The van der Waals surface area contributed by atoms with Crippen LogP contribution in [0.5, 0.6) is 0 Å². The Labute approximate surface area is 163 Å². The maximum atomic E-state index is 12.3. The second-order valence-corrected chi connectivity index (χ2v) is 8.69. The molecule has 4 unspecified atom stereocenters. The van der Waals surface area contributed by atoms with Crippen molar-refractivity contribution in [2.24, 2.45) is 5.73 Å². The maximum Gasteiger partial charge on any atom is 0.249 e. The number of rotatable bonds is 5. The molecule has 4 N–H and O–H groups in total. The quantitative estimate of drug-likeness (QED) is 0.671. The fourth-order valence-electron chi connectivity index (χ4n) is 4.29. The van der Waals surface area contributed by atoms with E-state index in [0.717, 1.165) is 42.4 Å². The summed E-state index contributed by atoms with van der Waals surface area (Å²) < 4.78 is 22.3. The molecule has 1 aliphatic carbocycles. The zero-order valence-corrected chi connectivity index (χ0v) is 16.8. The molecule has 1 fully saturated rings. The van der Waals surface area contributed by atoms with E-state index in [2.05, 4.69) is 30.1 Å². The van der Waals surface area contributed by atoms with E-state index in [1.165, 1.54) is 0 Å². The molecule has 3 rings (SSSR count). The van der Waals surface area contributed by atoms with Crippen molar-refractivity contribution in [1.29, 1.82) is 0 Å². The highest BCUT2D eigenvalue weighted by Crippen LogP contribution is 2.33. The summed E-state index contributed by atoms with van der Waals surface area (Å²) in [5.41, 5.74) is 8.75. The fraction of sp³-hybridized carbons (Fsp3) is 0.550. The smallest absolute Gasteiger partial charge is 0.249 e. The van der Waals surface area contributed by atoms with Crippen LogP contribution in [0.3, 0.4) is 0 Å². The molecule has 1 amide bonds. The van der Waals surface area contributed by atoms with Gasteiger partial charge in [0.15, 0.2) is 11.1 Å². The highest BCUT2D eigenvalue weighted by atomic mass is 32.2. The minimum Gasteiger partial charge on any atom is -0.366 e. The Bertz CT molecular complexity index is 755. The molecule has 27 heavy (non-hydrogen) atoms. The van der Waals surface area contributed by atoms with E-state index in [-0.39, 0.29) is 12.1 Å². The first kappa shape index (κ1) is 20.2. The summed E-state index contributed by atoms with van der Waals surface area (Å²) in [4.78, 5) is 14.0. The molecule has 0 bridgehead atoms. The number of allylic oxidation sites excluding steroid dienone is 2. The van der Waals surface area contributed by atoms with Crippen molar-refractivity contribution in [3.05, 3.63) is 41.0 Å². The first-order chi connectivity index (χ1) is 12.9. The zero-order chi connectivity index (χ0) is 19.6. The third-order valence-electron chi connectivity index (χ3n) is 5.34. The first-order valence-electron chi connectivity index (χ1n) is 9.59. The molecule has 1 aromatic rings. The number of carbonyl (C=O) groups excluding carboxylic acids is 1. The van der Waals surface area contributed by atoms with Gasteiger partial charge < -0.3 is 15.6 Å². The lowest BCUT2D eigenvalue weighted by molar-refractivity contribution is 0.1000. The van der Waals surface area contributed by atoms with E-state index in [0.29, 0.717) is 18.7 Å². The summed E-state index contributed by atoms with van der Waals surface area (Å²) >= 11 is -2.05. The summed E-state index contributed by atoms with van der Waals surface area (Å²) in [5.74, 6) is -0.464. The summed E-state index contributed by atoms with van der Waals surface area (Å²) in [5, 5.41) is 2.83. The van der Waals surface area contributed by atoms with Crippen LogP contribution in [0, 0.1) is 0 Å². The maximum absolute atomic E-state index is 12.3. The van der Waals surface area contributed by atoms with E-state index in [1.807, 2.05) is 6.07 Å². The first-order valence-corrected chi connectivity index (χ1v) is 10.8. The van der Waals surface area contributed by atoms with Crippen LogP contribution in [0.1, 0.15) is 66.4 Å². The molecule has 4 atom stereocenters. The van der Waals surface area contributed by atoms with Crippen molar-refractivity contribution < 1.29 is 13.6 Å². The molecule has 0 aromatic heterocycles. The second-order valence-electron chi connectivity index (χ2n) is 7.70. The van der Waals surface area contributed by atoms with E-state index >= 15 is 0 Å². The SMILES string of the molecule is CC1CN(C(c2ccc(C(N)=O)c(C3=CCCCC3)c2)S(=O)O)CC(C)N1. The van der Waals surface area contributed by atoms with Crippen LogP contribution in [-0.4, -0.2) is 44.7 Å². The molecule has 1 saturated heterocycles. The van der Waals surface area contributed by atoms with Crippen molar-refractivity contribution in [2.45, 2.75) is 57.0 Å². The van der Waals surface area contributed by atoms with Crippen molar-refractivity contribution in [2.75, 3.05) is 13.1 Å². The zero-order valence-electron chi connectivity index (χ0n) is 16.0. The molecular weight excluding hydrogens is 362 g/mol. The van der Waals surface area contributed by atoms with Gasteiger partial charge in [0.1, 0.15) is 5.37 Å². The minimum atomic E-state index is -2.05. The second kappa shape index (κ2) is 8.65. The van der Waals surface area contributed by atoms with Gasteiger partial charge in [-0.15, -0.1) is 0 Å². The summed E-state index contributed by atoms with van der Waals surface area (Å²) in [7, 11) is 0. The molecule has 1 aromatic carbocycles.